The van der Waals surface area contributed by atoms with Crippen molar-refractivity contribution in [1.29, 1.82) is 0 Å². The Bertz CT molecular complexity index is 475. The molecule has 0 fully saturated rings. The van der Waals surface area contributed by atoms with Crippen molar-refractivity contribution in [3.05, 3.63) is 17.7 Å². The van der Waals surface area contributed by atoms with Crippen molar-refractivity contribution in [3.8, 4) is 0 Å². The van der Waals surface area contributed by atoms with Gasteiger partial charge in [-0.05, 0) is 12.8 Å². The van der Waals surface area contributed by atoms with E-state index in [4.69, 9.17) is 5.84 Å². The fourth-order valence-electron chi connectivity index (χ4n) is 1.95. The van der Waals surface area contributed by atoms with Crippen molar-refractivity contribution in [2.24, 2.45) is 11.8 Å². The third-order valence-electron chi connectivity index (χ3n) is 3.58. The average molecular weight is 293 g/mol. The van der Waals surface area contributed by atoms with E-state index in [0.29, 0.717) is 29.7 Å². The first-order valence-electron chi connectivity index (χ1n) is 7.57. The highest BCUT2D eigenvalue weighted by molar-refractivity contribution is 5.97. The lowest BCUT2D eigenvalue weighted by Crippen LogP contribution is -2.36. The lowest BCUT2D eigenvalue weighted by atomic mass is 10.1. The Labute approximate surface area is 127 Å². The van der Waals surface area contributed by atoms with Gasteiger partial charge in [-0.2, -0.15) is 0 Å². The Morgan fingerprint density at radius 1 is 1.38 bits per heavy atom. The summed E-state index contributed by atoms with van der Waals surface area (Å²) in [5.74, 6) is 6.64. The fourth-order valence-corrected chi connectivity index (χ4v) is 1.95. The number of aromatic nitrogens is 2. The van der Waals surface area contributed by atoms with Gasteiger partial charge in [0.05, 0.1) is 11.9 Å². The Balaban J connectivity index is 3.10. The van der Waals surface area contributed by atoms with Crippen LogP contribution in [0.15, 0.2) is 6.20 Å². The second-order valence-corrected chi connectivity index (χ2v) is 5.65. The van der Waals surface area contributed by atoms with E-state index in [-0.39, 0.29) is 11.8 Å². The minimum atomic E-state index is -0.102. The van der Waals surface area contributed by atoms with E-state index in [2.05, 4.69) is 29.2 Å². The quantitative estimate of drug-likeness (QED) is 0.595. The standard InChI is InChI=1S/C15H27N5O/c1-6-11(5)9-20(7-2)15(21)13-12(19-16)8-17-14(18-13)10(3)4/h8,10-11,19H,6-7,9,16H2,1-5H3. The van der Waals surface area contributed by atoms with Crippen LogP contribution < -0.4 is 11.3 Å². The van der Waals surface area contributed by atoms with Gasteiger partial charge < -0.3 is 10.3 Å². The van der Waals surface area contributed by atoms with Gasteiger partial charge in [-0.25, -0.2) is 9.97 Å². The predicted octanol–water partition coefficient (Wildman–Crippen LogP) is 2.39. The van der Waals surface area contributed by atoms with E-state index in [0.717, 1.165) is 13.0 Å². The summed E-state index contributed by atoms with van der Waals surface area (Å²) in [6.07, 6.45) is 2.61. The van der Waals surface area contributed by atoms with E-state index in [1.54, 1.807) is 11.1 Å². The molecule has 6 nitrogen and oxygen atoms in total. The molecule has 0 saturated carbocycles. The number of hydrazine groups is 1. The first-order valence-corrected chi connectivity index (χ1v) is 7.57. The molecule has 6 heteroatoms. The molecule has 1 atom stereocenters. The van der Waals surface area contributed by atoms with Crippen LogP contribution in [0.2, 0.25) is 0 Å². The number of carbonyl (C=O) groups excluding carboxylic acids is 1. The monoisotopic (exact) mass is 293 g/mol. The van der Waals surface area contributed by atoms with Crippen molar-refractivity contribution in [2.75, 3.05) is 18.5 Å². The third-order valence-corrected chi connectivity index (χ3v) is 3.58. The molecule has 118 valence electrons. The number of carbonyl (C=O) groups is 1. The second-order valence-electron chi connectivity index (χ2n) is 5.65. The molecule has 0 aromatic carbocycles. The Morgan fingerprint density at radius 3 is 2.52 bits per heavy atom. The molecule has 1 aromatic rings. The van der Waals surface area contributed by atoms with Crippen molar-refractivity contribution in [2.45, 2.75) is 47.0 Å². The van der Waals surface area contributed by atoms with Gasteiger partial charge >= 0.3 is 0 Å². The lowest BCUT2D eigenvalue weighted by molar-refractivity contribution is 0.0735. The van der Waals surface area contributed by atoms with E-state index >= 15 is 0 Å². The summed E-state index contributed by atoms with van der Waals surface area (Å²) < 4.78 is 0. The molecule has 0 aliphatic heterocycles. The molecule has 0 aliphatic rings. The zero-order chi connectivity index (χ0) is 16.0. The van der Waals surface area contributed by atoms with Crippen LogP contribution in [0.4, 0.5) is 5.69 Å². The SMILES string of the molecule is CCC(C)CN(CC)C(=O)c1nc(C(C)C)ncc1NN. The first kappa shape index (κ1) is 17.4. The molecule has 1 rings (SSSR count). The number of anilines is 1. The van der Waals surface area contributed by atoms with Crippen LogP contribution in [0.25, 0.3) is 0 Å². The summed E-state index contributed by atoms with van der Waals surface area (Å²) in [7, 11) is 0. The van der Waals surface area contributed by atoms with E-state index in [1.165, 1.54) is 0 Å². The molecule has 21 heavy (non-hydrogen) atoms. The smallest absolute Gasteiger partial charge is 0.274 e. The minimum absolute atomic E-state index is 0.102. The summed E-state index contributed by atoms with van der Waals surface area (Å²) in [6.45, 7) is 11.6. The van der Waals surface area contributed by atoms with Gasteiger partial charge in [0.25, 0.3) is 5.91 Å². The van der Waals surface area contributed by atoms with Crippen LogP contribution in [-0.4, -0.2) is 33.9 Å². The summed E-state index contributed by atoms with van der Waals surface area (Å²) in [5.41, 5.74) is 3.33. The van der Waals surface area contributed by atoms with Crippen LogP contribution in [0.3, 0.4) is 0 Å². The van der Waals surface area contributed by atoms with Gasteiger partial charge in [0.1, 0.15) is 5.82 Å². The van der Waals surface area contributed by atoms with Gasteiger partial charge in [0.2, 0.25) is 0 Å². The van der Waals surface area contributed by atoms with Crippen LogP contribution in [-0.2, 0) is 0 Å². The molecular weight excluding hydrogens is 266 g/mol. The van der Waals surface area contributed by atoms with Crippen molar-refractivity contribution in [3.63, 3.8) is 0 Å². The number of amides is 1. The minimum Gasteiger partial charge on any atom is -0.337 e. The number of nitrogens with zero attached hydrogens (tertiary/aromatic N) is 3. The van der Waals surface area contributed by atoms with E-state index < -0.39 is 0 Å². The maximum atomic E-state index is 12.7. The highest BCUT2D eigenvalue weighted by Gasteiger charge is 2.22. The van der Waals surface area contributed by atoms with Crippen LogP contribution in [0.5, 0.6) is 0 Å². The van der Waals surface area contributed by atoms with E-state index in [9.17, 15) is 4.79 Å². The van der Waals surface area contributed by atoms with Crippen LogP contribution >= 0.6 is 0 Å². The predicted molar refractivity (Wildman–Crippen MR) is 85.0 cm³/mol. The number of nitrogen functional groups attached to an aromatic ring is 1. The molecule has 0 spiro atoms. The molecule has 1 unspecified atom stereocenters. The molecular formula is C15H27N5O. The first-order chi connectivity index (χ1) is 9.94. The van der Waals surface area contributed by atoms with Gasteiger partial charge in [-0.1, -0.05) is 34.1 Å². The maximum absolute atomic E-state index is 12.7. The molecule has 3 N–H and O–H groups in total. The van der Waals surface area contributed by atoms with Gasteiger partial charge in [-0.3, -0.25) is 10.6 Å². The number of hydrogen-bond acceptors (Lipinski definition) is 5. The molecule has 0 radical (unpaired) electrons. The molecule has 1 aromatic heterocycles. The molecule has 1 amide bonds. The van der Waals surface area contributed by atoms with Crippen LogP contribution in [0, 0.1) is 5.92 Å². The van der Waals surface area contributed by atoms with Gasteiger partial charge in [-0.15, -0.1) is 0 Å². The molecule has 0 saturated heterocycles. The highest BCUT2D eigenvalue weighted by Crippen LogP contribution is 2.18. The largest absolute Gasteiger partial charge is 0.337 e. The zero-order valence-electron chi connectivity index (χ0n) is 13.7. The normalized spacial score (nSPS) is 12.3. The summed E-state index contributed by atoms with van der Waals surface area (Å²) in [5, 5.41) is 0. The summed E-state index contributed by atoms with van der Waals surface area (Å²) >= 11 is 0. The zero-order valence-corrected chi connectivity index (χ0v) is 13.7. The highest BCUT2D eigenvalue weighted by atomic mass is 16.2. The van der Waals surface area contributed by atoms with Gasteiger partial charge in [0.15, 0.2) is 5.69 Å². The number of rotatable bonds is 7. The Hall–Kier alpha value is -1.69. The Kier molecular flexibility index (Phi) is 6.55. The fraction of sp³-hybridized carbons (Fsp3) is 0.667. The lowest BCUT2D eigenvalue weighted by Gasteiger charge is -2.24. The van der Waals surface area contributed by atoms with Crippen molar-refractivity contribution >= 4 is 11.6 Å². The van der Waals surface area contributed by atoms with Crippen LogP contribution in [0.1, 0.15) is 63.3 Å². The maximum Gasteiger partial charge on any atom is 0.274 e. The third kappa shape index (κ3) is 4.39. The van der Waals surface area contributed by atoms with Crippen molar-refractivity contribution < 1.29 is 4.79 Å². The molecule has 0 bridgehead atoms. The molecule has 1 heterocycles. The van der Waals surface area contributed by atoms with E-state index in [1.807, 2.05) is 20.8 Å². The summed E-state index contributed by atoms with van der Waals surface area (Å²) in [4.78, 5) is 23.2. The Morgan fingerprint density at radius 2 is 2.05 bits per heavy atom. The summed E-state index contributed by atoms with van der Waals surface area (Å²) in [6, 6.07) is 0. The second kappa shape index (κ2) is 7.93. The topological polar surface area (TPSA) is 84.1 Å². The van der Waals surface area contributed by atoms with Crippen molar-refractivity contribution in [1.82, 2.24) is 14.9 Å². The molecule has 0 aliphatic carbocycles. The average Bonchev–Trinajstić information content (AvgIpc) is 2.50. The number of nitrogens with one attached hydrogen (secondary N) is 1. The van der Waals surface area contributed by atoms with Gasteiger partial charge in [0, 0.05) is 19.0 Å². The number of nitrogens with two attached hydrogens (primary N) is 1. The number of hydrogen-bond donors (Lipinski definition) is 2.